The number of fused-ring (bicyclic) bond motifs is 1. The van der Waals surface area contributed by atoms with E-state index in [9.17, 15) is 0 Å². The predicted molar refractivity (Wildman–Crippen MR) is 81.4 cm³/mol. The Labute approximate surface area is 122 Å². The number of thiazole rings is 1. The summed E-state index contributed by atoms with van der Waals surface area (Å²) in [7, 11) is 0. The van der Waals surface area contributed by atoms with Crippen LogP contribution in [0.25, 0.3) is 4.96 Å². The number of hydrogen-bond donors (Lipinski definition) is 1. The molecule has 3 rings (SSSR count). The second kappa shape index (κ2) is 5.42. The number of hydrogen-bond acceptors (Lipinski definition) is 4. The van der Waals surface area contributed by atoms with Crippen molar-refractivity contribution in [1.29, 1.82) is 0 Å². The van der Waals surface area contributed by atoms with Crippen molar-refractivity contribution < 1.29 is 4.42 Å². The maximum absolute atomic E-state index is 5.66. The molecule has 20 heavy (non-hydrogen) atoms. The third kappa shape index (κ3) is 2.51. The Morgan fingerprint density at radius 2 is 2.30 bits per heavy atom. The van der Waals surface area contributed by atoms with Crippen LogP contribution in [-0.2, 0) is 6.42 Å². The quantitative estimate of drug-likeness (QED) is 0.781. The van der Waals surface area contributed by atoms with Gasteiger partial charge in [0.15, 0.2) is 4.96 Å². The van der Waals surface area contributed by atoms with Crippen molar-refractivity contribution in [2.45, 2.75) is 33.2 Å². The minimum atomic E-state index is 0.252. The fourth-order valence-corrected chi connectivity index (χ4v) is 3.34. The van der Waals surface area contributed by atoms with E-state index in [0.29, 0.717) is 0 Å². The number of aromatic nitrogens is 2. The SMILES string of the molecule is CCNC(Cc1cn2ccsc2n1)c1cc(C)oc1C. The zero-order valence-electron chi connectivity index (χ0n) is 12.0. The number of rotatable bonds is 5. The molecule has 0 spiro atoms. The van der Waals surface area contributed by atoms with Gasteiger partial charge in [-0.3, -0.25) is 4.40 Å². The van der Waals surface area contributed by atoms with Crippen molar-refractivity contribution in [3.63, 3.8) is 0 Å². The lowest BCUT2D eigenvalue weighted by Crippen LogP contribution is -2.23. The summed E-state index contributed by atoms with van der Waals surface area (Å²) in [6.07, 6.45) is 5.03. The summed E-state index contributed by atoms with van der Waals surface area (Å²) in [5.74, 6) is 1.96. The maximum atomic E-state index is 5.66. The summed E-state index contributed by atoms with van der Waals surface area (Å²) in [5, 5.41) is 5.59. The molecule has 0 saturated heterocycles. The molecule has 4 nitrogen and oxygen atoms in total. The summed E-state index contributed by atoms with van der Waals surface area (Å²) in [5.41, 5.74) is 2.35. The molecule has 0 amide bonds. The van der Waals surface area contributed by atoms with E-state index in [0.717, 1.165) is 35.1 Å². The number of aryl methyl sites for hydroxylation is 2. The van der Waals surface area contributed by atoms with Gasteiger partial charge in [0.05, 0.1) is 5.69 Å². The van der Waals surface area contributed by atoms with Gasteiger partial charge in [-0.2, -0.15) is 0 Å². The fourth-order valence-electron chi connectivity index (χ4n) is 2.62. The Balaban J connectivity index is 1.87. The van der Waals surface area contributed by atoms with Gasteiger partial charge >= 0.3 is 0 Å². The van der Waals surface area contributed by atoms with Crippen molar-refractivity contribution >= 4 is 16.3 Å². The van der Waals surface area contributed by atoms with Crippen LogP contribution in [0.5, 0.6) is 0 Å². The minimum Gasteiger partial charge on any atom is -0.466 e. The monoisotopic (exact) mass is 289 g/mol. The molecule has 3 aromatic heterocycles. The molecule has 1 unspecified atom stereocenters. The van der Waals surface area contributed by atoms with Gasteiger partial charge in [-0.1, -0.05) is 6.92 Å². The first-order valence-electron chi connectivity index (χ1n) is 6.88. The molecule has 3 aromatic rings. The van der Waals surface area contributed by atoms with Crippen molar-refractivity contribution in [2.75, 3.05) is 6.54 Å². The first-order chi connectivity index (χ1) is 9.67. The maximum Gasteiger partial charge on any atom is 0.193 e. The molecule has 1 N–H and O–H groups in total. The van der Waals surface area contributed by atoms with Crippen molar-refractivity contribution in [3.8, 4) is 0 Å². The molecule has 1 atom stereocenters. The first-order valence-corrected chi connectivity index (χ1v) is 7.76. The van der Waals surface area contributed by atoms with Crippen LogP contribution in [0.15, 0.2) is 28.3 Å². The summed E-state index contributed by atoms with van der Waals surface area (Å²) in [6, 6.07) is 2.38. The van der Waals surface area contributed by atoms with E-state index in [-0.39, 0.29) is 6.04 Å². The average molecular weight is 289 g/mol. The summed E-state index contributed by atoms with van der Waals surface area (Å²) >= 11 is 1.66. The predicted octanol–water partition coefficient (Wildman–Crippen LogP) is 3.50. The topological polar surface area (TPSA) is 42.5 Å². The number of nitrogens with zero attached hydrogens (tertiary/aromatic N) is 2. The lowest BCUT2D eigenvalue weighted by atomic mass is 10.0. The van der Waals surface area contributed by atoms with Gasteiger partial charge in [0, 0.05) is 35.8 Å². The van der Waals surface area contributed by atoms with Crippen molar-refractivity contribution in [1.82, 2.24) is 14.7 Å². The highest BCUT2D eigenvalue weighted by molar-refractivity contribution is 7.15. The highest BCUT2D eigenvalue weighted by Crippen LogP contribution is 2.25. The van der Waals surface area contributed by atoms with Crippen molar-refractivity contribution in [2.24, 2.45) is 0 Å². The van der Waals surface area contributed by atoms with Crippen LogP contribution in [0.1, 0.15) is 35.7 Å². The van der Waals surface area contributed by atoms with Gasteiger partial charge in [-0.05, 0) is 26.5 Å². The Hall–Kier alpha value is -1.59. The molecule has 0 aliphatic heterocycles. The average Bonchev–Trinajstić information content (AvgIpc) is 3.03. The van der Waals surface area contributed by atoms with Crippen LogP contribution < -0.4 is 5.32 Å². The van der Waals surface area contributed by atoms with Crippen LogP contribution in [0.2, 0.25) is 0 Å². The summed E-state index contributed by atoms with van der Waals surface area (Å²) in [4.78, 5) is 5.72. The second-order valence-corrected chi connectivity index (χ2v) is 5.88. The lowest BCUT2D eigenvalue weighted by Gasteiger charge is -2.16. The molecular formula is C15H19N3OS. The Morgan fingerprint density at radius 1 is 1.45 bits per heavy atom. The van der Waals surface area contributed by atoms with Gasteiger partial charge in [-0.25, -0.2) is 4.98 Å². The molecule has 3 heterocycles. The summed E-state index contributed by atoms with van der Waals surface area (Å²) in [6.45, 7) is 7.07. The molecule has 0 bridgehead atoms. The van der Waals surface area contributed by atoms with Gasteiger partial charge in [0.1, 0.15) is 11.5 Å². The molecular weight excluding hydrogens is 270 g/mol. The Morgan fingerprint density at radius 3 is 2.95 bits per heavy atom. The Kier molecular flexibility index (Phi) is 3.63. The Bertz CT molecular complexity index is 681. The van der Waals surface area contributed by atoms with Gasteiger partial charge in [-0.15, -0.1) is 11.3 Å². The number of imidazole rings is 1. The van der Waals surface area contributed by atoms with E-state index < -0.39 is 0 Å². The number of furan rings is 1. The lowest BCUT2D eigenvalue weighted by molar-refractivity contribution is 0.483. The second-order valence-electron chi connectivity index (χ2n) is 5.01. The van der Waals surface area contributed by atoms with Crippen LogP contribution >= 0.6 is 11.3 Å². The van der Waals surface area contributed by atoms with Gasteiger partial charge in [0.25, 0.3) is 0 Å². The van der Waals surface area contributed by atoms with E-state index in [2.05, 4.69) is 39.3 Å². The van der Waals surface area contributed by atoms with Crippen LogP contribution in [0.4, 0.5) is 0 Å². The molecule has 0 radical (unpaired) electrons. The normalized spacial score (nSPS) is 13.2. The molecule has 106 valence electrons. The molecule has 0 aromatic carbocycles. The molecule has 0 fully saturated rings. The van der Waals surface area contributed by atoms with E-state index in [1.54, 1.807) is 11.3 Å². The third-order valence-electron chi connectivity index (χ3n) is 3.46. The highest BCUT2D eigenvalue weighted by atomic mass is 32.1. The first kappa shape index (κ1) is 13.4. The molecule has 0 saturated carbocycles. The highest BCUT2D eigenvalue weighted by Gasteiger charge is 2.18. The fraction of sp³-hybridized carbons (Fsp3) is 0.400. The van der Waals surface area contributed by atoms with E-state index in [1.165, 1.54) is 5.56 Å². The van der Waals surface area contributed by atoms with Crippen LogP contribution in [-0.4, -0.2) is 15.9 Å². The zero-order chi connectivity index (χ0) is 14.1. The van der Waals surface area contributed by atoms with Gasteiger partial charge < -0.3 is 9.73 Å². The molecule has 0 aliphatic rings. The van der Waals surface area contributed by atoms with Crippen LogP contribution in [0, 0.1) is 13.8 Å². The van der Waals surface area contributed by atoms with Gasteiger partial charge in [0.2, 0.25) is 0 Å². The van der Waals surface area contributed by atoms with Crippen molar-refractivity contribution in [3.05, 3.63) is 46.6 Å². The van der Waals surface area contributed by atoms with Crippen LogP contribution in [0.3, 0.4) is 0 Å². The third-order valence-corrected chi connectivity index (χ3v) is 4.23. The minimum absolute atomic E-state index is 0.252. The largest absolute Gasteiger partial charge is 0.466 e. The van der Waals surface area contributed by atoms with E-state index in [4.69, 9.17) is 4.42 Å². The molecule has 0 aliphatic carbocycles. The molecule has 5 heteroatoms. The van der Waals surface area contributed by atoms with E-state index in [1.807, 2.05) is 20.0 Å². The number of nitrogens with one attached hydrogen (secondary N) is 1. The summed E-state index contributed by atoms with van der Waals surface area (Å²) < 4.78 is 7.74. The standard InChI is InChI=1S/C15H19N3OS/c1-4-16-14(13-7-10(2)19-11(13)3)8-12-9-18-5-6-20-15(18)17-12/h5-7,9,14,16H,4,8H2,1-3H3. The zero-order valence-corrected chi connectivity index (χ0v) is 12.8. The smallest absolute Gasteiger partial charge is 0.193 e. The number of likely N-dealkylation sites (N-methyl/N-ethyl adjacent to an activating group) is 1. The van der Waals surface area contributed by atoms with E-state index >= 15 is 0 Å².